The Morgan fingerprint density at radius 2 is 0.634 bits per heavy atom. The maximum Gasteiger partial charge on any atom is 1.00 e. The Morgan fingerprint density at radius 1 is 0.394 bits per heavy atom. The van der Waals surface area contributed by atoms with Crippen molar-refractivity contribution in [1.29, 1.82) is 0 Å². The molecule has 0 amide bonds. The smallest absolute Gasteiger partial charge is 0.358 e. The number of benzene rings is 6. The molecule has 0 spiro atoms. The van der Waals surface area contributed by atoms with E-state index in [0.29, 0.717) is 34.7 Å². The van der Waals surface area contributed by atoms with Crippen molar-refractivity contribution in [2.24, 2.45) is 9.98 Å². The summed E-state index contributed by atoms with van der Waals surface area (Å²) in [6, 6.07) is 36.0. The van der Waals surface area contributed by atoms with Gasteiger partial charge in [0, 0.05) is 39.0 Å². The van der Waals surface area contributed by atoms with Crippen LogP contribution in [0.5, 0.6) is 0 Å². The standard InChI is InChI=1S/2C25H13F5N2O2.CH3.Cu.Ni/c2*26-19-20(27)22(29)24(23(30)21(19)28)31-12-17(33)15-11-16(13-7-3-1-4-8-13)32-25(34)18(15)14-9-5-2-6-10-14;;;/h2*1-12H,(H,32,34);1H3;;/q;;-1;+1;. The Kier molecular flexibility index (Phi) is 19.0. The summed E-state index contributed by atoms with van der Waals surface area (Å²) in [5.41, 5.74) is -2.29. The molecule has 71 heavy (non-hydrogen) atoms. The molecule has 20 heteroatoms. The van der Waals surface area contributed by atoms with Crippen molar-refractivity contribution >= 4 is 35.4 Å². The Hall–Kier alpha value is -7.79. The quantitative estimate of drug-likeness (QED) is 0.0269. The van der Waals surface area contributed by atoms with Crippen LogP contribution in [0.15, 0.2) is 153 Å². The molecular weight excluding hydrogens is 1040 g/mol. The van der Waals surface area contributed by atoms with Gasteiger partial charge in [0.05, 0.1) is 23.6 Å². The number of rotatable bonds is 10. The van der Waals surface area contributed by atoms with Crippen LogP contribution in [0.3, 0.4) is 0 Å². The van der Waals surface area contributed by atoms with Gasteiger partial charge >= 0.3 is 17.1 Å². The Bertz CT molecular complexity index is 3150. The number of aliphatic imine (C=N–C) groups is 2. The molecule has 2 heterocycles. The molecular formula is C51H29CuF10N4NiO4. The van der Waals surface area contributed by atoms with E-state index in [1.165, 1.54) is 12.1 Å². The number of aromatic amines is 2. The van der Waals surface area contributed by atoms with Crippen molar-refractivity contribution < 1.29 is 87.1 Å². The number of carbonyl (C=O) groups excluding carboxylic acids is 2. The van der Waals surface area contributed by atoms with Gasteiger partial charge in [-0.3, -0.25) is 19.2 Å². The number of ketones is 2. The van der Waals surface area contributed by atoms with Crippen molar-refractivity contribution in [2.45, 2.75) is 0 Å². The molecule has 0 aliphatic heterocycles. The van der Waals surface area contributed by atoms with Crippen LogP contribution in [0.4, 0.5) is 55.3 Å². The third kappa shape index (κ3) is 11.8. The van der Waals surface area contributed by atoms with Crippen molar-refractivity contribution in [1.82, 2.24) is 9.97 Å². The van der Waals surface area contributed by atoms with Gasteiger partial charge < -0.3 is 17.4 Å². The number of hydrogen-bond donors (Lipinski definition) is 2. The van der Waals surface area contributed by atoms with Crippen LogP contribution in [0.25, 0.3) is 44.8 Å². The number of nitrogens with one attached hydrogen (secondary N) is 2. The SMILES string of the molecule is O=C(C=Nc1c(F)c(F)c(F)c(F)c1F)c1cc(-c2ccccc2)[nH]c(=O)c1-c1ccccc1.O=C(C=Nc1c(F)c(F)c(F)c(F)c1F)c1cc(-c2ccccc2)[nH]c(=O)c1-c1ccccc1.[CH3-].[Cu+].[Ni]. The van der Waals surface area contributed by atoms with Crippen LogP contribution < -0.4 is 11.1 Å². The molecule has 0 fully saturated rings. The Balaban J connectivity index is 0.000000296. The number of Topliss-reactive ketones (excluding diaryl/α,β-unsaturated/α-hetero) is 2. The first-order valence-corrected chi connectivity index (χ1v) is 19.5. The topological polar surface area (TPSA) is 125 Å². The zero-order chi connectivity index (χ0) is 48.8. The fourth-order valence-corrected chi connectivity index (χ4v) is 6.64. The minimum Gasteiger partial charge on any atom is -0.358 e. The van der Waals surface area contributed by atoms with E-state index in [1.807, 2.05) is 0 Å². The Labute approximate surface area is 416 Å². The van der Waals surface area contributed by atoms with E-state index >= 15 is 0 Å². The first-order valence-electron chi connectivity index (χ1n) is 19.5. The molecule has 8 rings (SSSR count). The summed E-state index contributed by atoms with van der Waals surface area (Å²) in [5, 5.41) is 0. The fourth-order valence-electron chi connectivity index (χ4n) is 6.64. The second kappa shape index (κ2) is 24.2. The van der Waals surface area contributed by atoms with Crippen molar-refractivity contribution in [3.05, 3.63) is 231 Å². The molecule has 8 nitrogen and oxygen atoms in total. The monoisotopic (exact) mass is 1070 g/mol. The normalized spacial score (nSPS) is 10.7. The molecule has 8 aromatic rings. The van der Waals surface area contributed by atoms with E-state index < -0.39 is 92.2 Å². The molecule has 0 unspecified atom stereocenters. The van der Waals surface area contributed by atoms with E-state index in [1.54, 1.807) is 121 Å². The van der Waals surface area contributed by atoms with Crippen LogP contribution in [0, 0.1) is 65.6 Å². The number of aromatic nitrogens is 2. The summed E-state index contributed by atoms with van der Waals surface area (Å²) < 4.78 is 136. The average molecular weight is 1070 g/mol. The van der Waals surface area contributed by atoms with Crippen molar-refractivity contribution in [3.8, 4) is 44.8 Å². The van der Waals surface area contributed by atoms with Crippen LogP contribution in [0.2, 0.25) is 0 Å². The van der Waals surface area contributed by atoms with Gasteiger partial charge in [-0.05, 0) is 34.4 Å². The van der Waals surface area contributed by atoms with Crippen LogP contribution >= 0.6 is 0 Å². The second-order valence-corrected chi connectivity index (χ2v) is 14.1. The number of pyridine rings is 2. The van der Waals surface area contributed by atoms with Gasteiger partial charge in [-0.2, -0.15) is 0 Å². The van der Waals surface area contributed by atoms with Gasteiger partial charge in [0.15, 0.2) is 46.5 Å². The molecule has 0 aliphatic carbocycles. The Morgan fingerprint density at radius 3 is 0.901 bits per heavy atom. The summed E-state index contributed by atoms with van der Waals surface area (Å²) >= 11 is 0. The molecule has 0 atom stereocenters. The van der Waals surface area contributed by atoms with E-state index in [0.717, 1.165) is 0 Å². The van der Waals surface area contributed by atoms with Crippen LogP contribution in [-0.4, -0.2) is 34.0 Å². The molecule has 368 valence electrons. The maximum atomic E-state index is 13.9. The molecule has 0 radical (unpaired) electrons. The predicted octanol–water partition coefficient (Wildman–Crippen LogP) is 12.4. The predicted molar refractivity (Wildman–Crippen MR) is 240 cm³/mol. The van der Waals surface area contributed by atoms with Gasteiger partial charge in [0.25, 0.3) is 11.1 Å². The molecule has 0 saturated heterocycles. The van der Waals surface area contributed by atoms with Gasteiger partial charge in [-0.15, -0.1) is 0 Å². The van der Waals surface area contributed by atoms with Gasteiger partial charge in [-0.25, -0.2) is 53.9 Å². The second-order valence-electron chi connectivity index (χ2n) is 14.1. The third-order valence-corrected chi connectivity index (χ3v) is 9.89. The van der Waals surface area contributed by atoms with E-state index in [2.05, 4.69) is 20.0 Å². The number of nitrogens with zero attached hydrogens (tertiary/aromatic N) is 2. The van der Waals surface area contributed by atoms with Gasteiger partial charge in [0.1, 0.15) is 11.4 Å². The fraction of sp³-hybridized carbons (Fsp3) is 0. The molecule has 2 aromatic heterocycles. The summed E-state index contributed by atoms with van der Waals surface area (Å²) in [7, 11) is 0. The van der Waals surface area contributed by atoms with Gasteiger partial charge in [-0.1, -0.05) is 121 Å². The first-order chi connectivity index (χ1) is 32.6. The molecule has 0 bridgehead atoms. The summed E-state index contributed by atoms with van der Waals surface area (Å²) in [5.74, 6) is -24.1. The number of carbonyl (C=O) groups is 2. The molecule has 6 aromatic carbocycles. The van der Waals surface area contributed by atoms with Crippen molar-refractivity contribution in [3.63, 3.8) is 0 Å². The zero-order valence-corrected chi connectivity index (χ0v) is 37.7. The van der Waals surface area contributed by atoms with Crippen LogP contribution in [0.1, 0.15) is 20.7 Å². The number of hydrogen-bond acceptors (Lipinski definition) is 6. The van der Waals surface area contributed by atoms with Crippen molar-refractivity contribution in [2.75, 3.05) is 0 Å². The number of halogens is 10. The first kappa shape index (κ1) is 55.8. The van der Waals surface area contributed by atoms with E-state index in [-0.39, 0.29) is 74.6 Å². The van der Waals surface area contributed by atoms with Crippen LogP contribution in [-0.2, 0) is 33.6 Å². The average Bonchev–Trinajstić information content (AvgIpc) is 3.36. The minimum absolute atomic E-state index is 0. The largest absolute Gasteiger partial charge is 1.00 e. The summed E-state index contributed by atoms with van der Waals surface area (Å²) in [6.07, 6.45) is 0.822. The molecule has 0 aliphatic rings. The number of H-pyrrole nitrogens is 2. The molecule has 2 N–H and O–H groups in total. The van der Waals surface area contributed by atoms with Gasteiger partial charge in [0.2, 0.25) is 23.2 Å². The minimum atomic E-state index is -2.34. The summed E-state index contributed by atoms with van der Waals surface area (Å²) in [6.45, 7) is 0. The zero-order valence-electron chi connectivity index (χ0n) is 35.8. The van der Waals surface area contributed by atoms with E-state index in [4.69, 9.17) is 0 Å². The molecule has 0 saturated carbocycles. The maximum absolute atomic E-state index is 13.9. The summed E-state index contributed by atoms with van der Waals surface area (Å²) in [4.78, 5) is 63.7. The third-order valence-electron chi connectivity index (χ3n) is 9.89. The van der Waals surface area contributed by atoms with E-state index in [9.17, 15) is 63.1 Å².